The van der Waals surface area contributed by atoms with Crippen LogP contribution in [0.4, 0.5) is 4.39 Å². The van der Waals surface area contributed by atoms with Gasteiger partial charge in [0.05, 0.1) is 5.41 Å². The van der Waals surface area contributed by atoms with Gasteiger partial charge in [-0.2, -0.15) is 0 Å². The summed E-state index contributed by atoms with van der Waals surface area (Å²) in [7, 11) is 0. The Bertz CT molecular complexity index is 987. The van der Waals surface area contributed by atoms with Crippen LogP contribution in [-0.2, 0) is 5.41 Å². The first-order chi connectivity index (χ1) is 12.8. The molecule has 0 N–H and O–H groups in total. The van der Waals surface area contributed by atoms with Crippen LogP contribution < -0.4 is 0 Å². The summed E-state index contributed by atoms with van der Waals surface area (Å²) in [6.45, 7) is 0. The average molecular weight is 338 g/mol. The highest BCUT2D eigenvalue weighted by atomic mass is 19.1. The molecule has 0 saturated heterocycles. The summed E-state index contributed by atoms with van der Waals surface area (Å²) in [6, 6.07) is 26.3. The smallest absolute Gasteiger partial charge is 0.123 e. The normalized spacial score (nSPS) is 17.1. The van der Waals surface area contributed by atoms with Crippen LogP contribution in [0.5, 0.6) is 0 Å². The molecule has 0 unspecified atom stereocenters. The van der Waals surface area contributed by atoms with Crippen molar-refractivity contribution in [2.24, 2.45) is 0 Å². The molecular formula is C25H19F. The Hall–Kier alpha value is -2.93. The van der Waals surface area contributed by atoms with Crippen molar-refractivity contribution < 1.29 is 4.39 Å². The number of hydrogen-bond acceptors (Lipinski definition) is 0. The zero-order valence-corrected chi connectivity index (χ0v) is 14.5. The third kappa shape index (κ3) is 2.00. The Morgan fingerprint density at radius 2 is 1.42 bits per heavy atom. The largest absolute Gasteiger partial charge is 0.207 e. The van der Waals surface area contributed by atoms with Crippen molar-refractivity contribution in [2.45, 2.75) is 18.3 Å². The van der Waals surface area contributed by atoms with Crippen LogP contribution in [0, 0.1) is 5.82 Å². The molecule has 3 aromatic carbocycles. The van der Waals surface area contributed by atoms with Crippen LogP contribution >= 0.6 is 0 Å². The van der Waals surface area contributed by atoms with Crippen LogP contribution in [0.15, 0.2) is 96.6 Å². The van der Waals surface area contributed by atoms with Gasteiger partial charge in [0.1, 0.15) is 5.82 Å². The molecule has 0 fully saturated rings. The monoisotopic (exact) mass is 338 g/mol. The molecule has 5 rings (SSSR count). The van der Waals surface area contributed by atoms with E-state index in [-0.39, 0.29) is 5.82 Å². The molecule has 0 amide bonds. The zero-order chi connectivity index (χ0) is 17.6. The molecule has 2 aliphatic rings. The minimum Gasteiger partial charge on any atom is -0.207 e. The van der Waals surface area contributed by atoms with Crippen molar-refractivity contribution in [3.8, 4) is 0 Å². The van der Waals surface area contributed by atoms with Gasteiger partial charge in [-0.3, -0.25) is 0 Å². The molecule has 126 valence electrons. The van der Waals surface area contributed by atoms with Crippen molar-refractivity contribution >= 4 is 5.57 Å². The third-order valence-electron chi connectivity index (χ3n) is 5.70. The van der Waals surface area contributed by atoms with Gasteiger partial charge in [-0.05, 0) is 58.4 Å². The van der Waals surface area contributed by atoms with Gasteiger partial charge in [-0.15, -0.1) is 0 Å². The molecule has 0 saturated carbocycles. The summed E-state index contributed by atoms with van der Waals surface area (Å²) in [6.07, 6.45) is 6.56. The summed E-state index contributed by atoms with van der Waals surface area (Å²) < 4.78 is 14.4. The first-order valence-corrected chi connectivity index (χ1v) is 9.13. The van der Waals surface area contributed by atoms with Gasteiger partial charge in [-0.1, -0.05) is 78.9 Å². The van der Waals surface area contributed by atoms with Crippen LogP contribution in [-0.4, -0.2) is 0 Å². The Balaban J connectivity index is 1.95. The number of fused-ring (bicyclic) bond motifs is 2. The maximum atomic E-state index is 14.4. The molecule has 1 heteroatoms. The molecule has 3 aromatic rings. The standard InChI is InChI=1S/C25H19F/c26-20-15-16-22-21-13-7-8-14-23(21)25(24(22)17-20,18-9-3-1-4-10-18)19-11-5-2-6-12-19/h1-6,8-12,14-17H,7,13H2. The van der Waals surface area contributed by atoms with Crippen molar-refractivity contribution in [1.82, 2.24) is 0 Å². The highest BCUT2D eigenvalue weighted by Crippen LogP contribution is 2.56. The van der Waals surface area contributed by atoms with E-state index in [0.717, 1.165) is 18.4 Å². The Morgan fingerprint density at radius 3 is 2.08 bits per heavy atom. The number of halogens is 1. The molecule has 2 aliphatic carbocycles. The van der Waals surface area contributed by atoms with E-state index in [2.05, 4.69) is 60.7 Å². The maximum absolute atomic E-state index is 14.4. The van der Waals surface area contributed by atoms with Crippen LogP contribution in [0.3, 0.4) is 0 Å². The van der Waals surface area contributed by atoms with E-state index in [1.54, 1.807) is 12.1 Å². The third-order valence-corrected chi connectivity index (χ3v) is 5.70. The van der Waals surface area contributed by atoms with Crippen LogP contribution in [0.1, 0.15) is 35.1 Å². The lowest BCUT2D eigenvalue weighted by atomic mass is 9.66. The van der Waals surface area contributed by atoms with E-state index >= 15 is 0 Å². The first-order valence-electron chi connectivity index (χ1n) is 9.13. The summed E-state index contributed by atoms with van der Waals surface area (Å²) in [5.41, 5.74) is 6.83. The number of rotatable bonds is 2. The second-order valence-electron chi connectivity index (χ2n) is 7.01. The predicted molar refractivity (Wildman–Crippen MR) is 104 cm³/mol. The molecule has 0 aromatic heterocycles. The minimum atomic E-state index is -0.452. The van der Waals surface area contributed by atoms with Crippen molar-refractivity contribution in [3.05, 3.63) is 125 Å². The zero-order valence-electron chi connectivity index (χ0n) is 14.5. The van der Waals surface area contributed by atoms with Gasteiger partial charge in [0.15, 0.2) is 0 Å². The lowest BCUT2D eigenvalue weighted by Crippen LogP contribution is -2.29. The van der Waals surface area contributed by atoms with E-state index in [1.807, 2.05) is 18.2 Å². The van der Waals surface area contributed by atoms with Crippen molar-refractivity contribution in [3.63, 3.8) is 0 Å². The van der Waals surface area contributed by atoms with E-state index < -0.39 is 5.41 Å². The van der Waals surface area contributed by atoms with Crippen LogP contribution in [0.2, 0.25) is 0 Å². The molecule has 0 radical (unpaired) electrons. The minimum absolute atomic E-state index is 0.177. The molecule has 0 spiro atoms. The van der Waals surface area contributed by atoms with Gasteiger partial charge < -0.3 is 0 Å². The topological polar surface area (TPSA) is 0 Å². The Labute approximate surface area is 153 Å². The maximum Gasteiger partial charge on any atom is 0.123 e. The molecule has 0 aliphatic heterocycles. The Morgan fingerprint density at radius 1 is 0.769 bits per heavy atom. The second kappa shape index (κ2) is 5.81. The van der Waals surface area contributed by atoms with Crippen LogP contribution in [0.25, 0.3) is 5.57 Å². The van der Waals surface area contributed by atoms with Gasteiger partial charge in [0, 0.05) is 0 Å². The summed E-state index contributed by atoms with van der Waals surface area (Å²) >= 11 is 0. The predicted octanol–water partition coefficient (Wildman–Crippen LogP) is 6.28. The molecular weight excluding hydrogens is 319 g/mol. The number of benzene rings is 3. The lowest BCUT2D eigenvalue weighted by Gasteiger charge is -2.35. The molecule has 0 bridgehead atoms. The highest BCUT2D eigenvalue weighted by molar-refractivity contribution is 5.88. The molecule has 26 heavy (non-hydrogen) atoms. The van der Waals surface area contributed by atoms with Gasteiger partial charge >= 0.3 is 0 Å². The number of allylic oxidation sites excluding steroid dienone is 4. The van der Waals surface area contributed by atoms with E-state index in [1.165, 1.54) is 27.8 Å². The van der Waals surface area contributed by atoms with Crippen molar-refractivity contribution in [2.75, 3.05) is 0 Å². The lowest BCUT2D eigenvalue weighted by molar-refractivity contribution is 0.620. The second-order valence-corrected chi connectivity index (χ2v) is 7.01. The fourth-order valence-electron chi connectivity index (χ4n) is 4.70. The quantitative estimate of drug-likeness (QED) is 0.516. The fourth-order valence-corrected chi connectivity index (χ4v) is 4.70. The van der Waals surface area contributed by atoms with Gasteiger partial charge in [0.2, 0.25) is 0 Å². The highest BCUT2D eigenvalue weighted by Gasteiger charge is 2.47. The summed E-state index contributed by atoms with van der Waals surface area (Å²) in [5.74, 6) is -0.177. The summed E-state index contributed by atoms with van der Waals surface area (Å²) in [5, 5.41) is 0. The van der Waals surface area contributed by atoms with E-state index in [0.29, 0.717) is 0 Å². The molecule has 0 heterocycles. The Kier molecular flexibility index (Phi) is 3.43. The van der Waals surface area contributed by atoms with E-state index in [9.17, 15) is 4.39 Å². The SMILES string of the molecule is Fc1ccc2c(c1)C(c1ccccc1)(c1ccccc1)C1=C2CCC=C1. The van der Waals surface area contributed by atoms with E-state index in [4.69, 9.17) is 0 Å². The first kappa shape index (κ1) is 15.3. The van der Waals surface area contributed by atoms with Gasteiger partial charge in [-0.25, -0.2) is 4.39 Å². The summed E-state index contributed by atoms with van der Waals surface area (Å²) in [4.78, 5) is 0. The average Bonchev–Trinajstić information content (AvgIpc) is 3.00. The van der Waals surface area contributed by atoms with Gasteiger partial charge in [0.25, 0.3) is 0 Å². The molecule has 0 nitrogen and oxygen atoms in total. The number of hydrogen-bond donors (Lipinski definition) is 0. The molecule has 0 atom stereocenters. The fraction of sp³-hybridized carbons (Fsp3) is 0.120. The van der Waals surface area contributed by atoms with Crippen molar-refractivity contribution in [1.29, 1.82) is 0 Å².